The number of hydrogen-bond donors (Lipinski definition) is 2. The van der Waals surface area contributed by atoms with Gasteiger partial charge in [-0.2, -0.15) is 0 Å². The lowest BCUT2D eigenvalue weighted by Crippen LogP contribution is -2.35. The van der Waals surface area contributed by atoms with Crippen LogP contribution in [0.1, 0.15) is 32.7 Å². The molecular weight excluding hydrogens is 303 g/mol. The van der Waals surface area contributed by atoms with Crippen molar-refractivity contribution in [1.29, 1.82) is 0 Å². The Bertz CT molecular complexity index is 629. The summed E-state index contributed by atoms with van der Waals surface area (Å²) >= 11 is 0. The molecule has 1 fully saturated rings. The number of hydrogen-bond acceptors (Lipinski definition) is 4. The standard InChI is InChI=1S/C16H19FN2O4/c1-18-16(21)13-6-10(15(20)19-11-2-3-22-8-11)4-9-5-12(7-17)23-14(9)13/h4,6,11-12H,2-3,5,7-8H2,1H3,(H,18,21)(H,19,20). The lowest BCUT2D eigenvalue weighted by atomic mass is 10.0. The summed E-state index contributed by atoms with van der Waals surface area (Å²) in [4.78, 5) is 24.5. The van der Waals surface area contributed by atoms with Crippen LogP contribution in [0.4, 0.5) is 4.39 Å². The number of halogens is 1. The van der Waals surface area contributed by atoms with Crippen LogP contribution in [0, 0.1) is 0 Å². The van der Waals surface area contributed by atoms with E-state index in [4.69, 9.17) is 9.47 Å². The monoisotopic (exact) mass is 322 g/mol. The molecule has 0 aliphatic carbocycles. The van der Waals surface area contributed by atoms with Gasteiger partial charge in [0.1, 0.15) is 18.5 Å². The summed E-state index contributed by atoms with van der Waals surface area (Å²) in [5.41, 5.74) is 1.31. The molecule has 2 heterocycles. The Hall–Kier alpha value is -2.15. The zero-order chi connectivity index (χ0) is 16.4. The summed E-state index contributed by atoms with van der Waals surface area (Å²) in [5.74, 6) is -0.260. The molecule has 1 aromatic carbocycles. The van der Waals surface area contributed by atoms with E-state index in [2.05, 4.69) is 10.6 Å². The summed E-state index contributed by atoms with van der Waals surface area (Å²) in [6, 6.07) is 3.14. The van der Waals surface area contributed by atoms with E-state index in [-0.39, 0.29) is 23.4 Å². The summed E-state index contributed by atoms with van der Waals surface area (Å²) < 4.78 is 23.6. The van der Waals surface area contributed by atoms with Crippen LogP contribution < -0.4 is 15.4 Å². The van der Waals surface area contributed by atoms with Gasteiger partial charge in [0.15, 0.2) is 0 Å². The Morgan fingerprint density at radius 3 is 2.83 bits per heavy atom. The number of amides is 2. The Balaban J connectivity index is 1.89. The first-order chi connectivity index (χ1) is 11.1. The molecule has 0 saturated carbocycles. The highest BCUT2D eigenvalue weighted by atomic mass is 19.1. The lowest BCUT2D eigenvalue weighted by Gasteiger charge is -2.13. The predicted molar refractivity (Wildman–Crippen MR) is 80.6 cm³/mol. The van der Waals surface area contributed by atoms with Crippen LogP contribution in [0.25, 0.3) is 0 Å². The third kappa shape index (κ3) is 3.14. The van der Waals surface area contributed by atoms with Crippen molar-refractivity contribution in [3.05, 3.63) is 28.8 Å². The van der Waals surface area contributed by atoms with Crippen molar-refractivity contribution in [2.24, 2.45) is 0 Å². The number of alkyl halides is 1. The normalized spacial score (nSPS) is 22.3. The van der Waals surface area contributed by atoms with Crippen LogP contribution in [0.2, 0.25) is 0 Å². The molecule has 0 radical (unpaired) electrons. The first-order valence-electron chi connectivity index (χ1n) is 7.62. The molecule has 124 valence electrons. The van der Waals surface area contributed by atoms with Gasteiger partial charge < -0.3 is 20.1 Å². The quantitative estimate of drug-likeness (QED) is 0.861. The molecule has 0 spiro atoms. The number of carbonyl (C=O) groups is 2. The summed E-state index contributed by atoms with van der Waals surface area (Å²) in [5, 5.41) is 5.40. The largest absolute Gasteiger partial charge is 0.486 e. The number of benzene rings is 1. The first kappa shape index (κ1) is 15.7. The fourth-order valence-corrected chi connectivity index (χ4v) is 2.87. The topological polar surface area (TPSA) is 76.7 Å². The molecule has 0 aromatic heterocycles. The molecule has 7 heteroatoms. The number of carbonyl (C=O) groups excluding carboxylic acids is 2. The average molecular weight is 322 g/mol. The van der Waals surface area contributed by atoms with Crippen molar-refractivity contribution >= 4 is 11.8 Å². The van der Waals surface area contributed by atoms with Gasteiger partial charge in [-0.25, -0.2) is 4.39 Å². The van der Waals surface area contributed by atoms with E-state index in [9.17, 15) is 14.0 Å². The molecule has 1 saturated heterocycles. The molecule has 2 unspecified atom stereocenters. The first-order valence-corrected chi connectivity index (χ1v) is 7.62. The van der Waals surface area contributed by atoms with Crippen molar-refractivity contribution in [2.45, 2.75) is 25.0 Å². The molecular formula is C16H19FN2O4. The smallest absolute Gasteiger partial charge is 0.254 e. The van der Waals surface area contributed by atoms with E-state index in [1.54, 1.807) is 6.07 Å². The van der Waals surface area contributed by atoms with Crippen molar-refractivity contribution in [2.75, 3.05) is 26.9 Å². The van der Waals surface area contributed by atoms with Crippen LogP contribution in [0.3, 0.4) is 0 Å². The van der Waals surface area contributed by atoms with Crippen molar-refractivity contribution in [3.8, 4) is 5.75 Å². The maximum atomic E-state index is 12.9. The third-order valence-electron chi connectivity index (χ3n) is 4.07. The molecule has 23 heavy (non-hydrogen) atoms. The number of rotatable bonds is 4. The van der Waals surface area contributed by atoms with Crippen LogP contribution in [-0.4, -0.2) is 50.9 Å². The molecule has 2 aliphatic rings. The van der Waals surface area contributed by atoms with Gasteiger partial charge in [-0.3, -0.25) is 9.59 Å². The van der Waals surface area contributed by atoms with Crippen LogP contribution in [-0.2, 0) is 11.2 Å². The minimum Gasteiger partial charge on any atom is -0.486 e. The molecule has 1 aromatic rings. The Kier molecular flexibility index (Phi) is 4.47. The zero-order valence-electron chi connectivity index (χ0n) is 12.9. The fraction of sp³-hybridized carbons (Fsp3) is 0.500. The second-order valence-electron chi connectivity index (χ2n) is 5.72. The van der Waals surface area contributed by atoms with Gasteiger partial charge in [-0.15, -0.1) is 0 Å². The Morgan fingerprint density at radius 1 is 1.35 bits per heavy atom. The van der Waals surface area contributed by atoms with Crippen LogP contribution >= 0.6 is 0 Å². The Labute approximate surface area is 133 Å². The van der Waals surface area contributed by atoms with Crippen molar-refractivity contribution in [3.63, 3.8) is 0 Å². The number of nitrogens with one attached hydrogen (secondary N) is 2. The summed E-state index contributed by atoms with van der Waals surface area (Å²) in [7, 11) is 1.50. The van der Waals surface area contributed by atoms with E-state index in [0.29, 0.717) is 36.5 Å². The highest BCUT2D eigenvalue weighted by molar-refractivity contribution is 6.02. The van der Waals surface area contributed by atoms with Gasteiger partial charge in [0.25, 0.3) is 11.8 Å². The van der Waals surface area contributed by atoms with Gasteiger partial charge >= 0.3 is 0 Å². The van der Waals surface area contributed by atoms with E-state index in [1.807, 2.05) is 0 Å². The molecule has 2 amide bonds. The molecule has 2 N–H and O–H groups in total. The predicted octanol–water partition coefficient (Wildman–Crippen LogP) is 0.838. The maximum absolute atomic E-state index is 12.9. The highest BCUT2D eigenvalue weighted by Crippen LogP contribution is 2.34. The van der Waals surface area contributed by atoms with E-state index < -0.39 is 12.8 Å². The van der Waals surface area contributed by atoms with Crippen molar-refractivity contribution in [1.82, 2.24) is 10.6 Å². The minimum absolute atomic E-state index is 0.0194. The van der Waals surface area contributed by atoms with E-state index in [0.717, 1.165) is 6.42 Å². The average Bonchev–Trinajstić information content (AvgIpc) is 3.21. The molecule has 0 bridgehead atoms. The maximum Gasteiger partial charge on any atom is 0.254 e. The Morgan fingerprint density at radius 2 is 2.17 bits per heavy atom. The van der Waals surface area contributed by atoms with Gasteiger partial charge in [-0.1, -0.05) is 0 Å². The fourth-order valence-electron chi connectivity index (χ4n) is 2.87. The molecule has 3 rings (SSSR count). The zero-order valence-corrected chi connectivity index (χ0v) is 12.9. The second kappa shape index (κ2) is 6.54. The highest BCUT2D eigenvalue weighted by Gasteiger charge is 2.30. The van der Waals surface area contributed by atoms with Crippen molar-refractivity contribution < 1.29 is 23.5 Å². The molecule has 6 nitrogen and oxygen atoms in total. The van der Waals surface area contributed by atoms with Gasteiger partial charge in [0, 0.05) is 25.6 Å². The SMILES string of the molecule is CNC(=O)c1cc(C(=O)NC2CCOC2)cc2c1OC(CF)C2. The number of ether oxygens (including phenoxy) is 2. The minimum atomic E-state index is -0.636. The van der Waals surface area contributed by atoms with E-state index >= 15 is 0 Å². The van der Waals surface area contributed by atoms with E-state index in [1.165, 1.54) is 13.1 Å². The van der Waals surface area contributed by atoms with Crippen LogP contribution in [0.15, 0.2) is 12.1 Å². The number of fused-ring (bicyclic) bond motifs is 1. The molecule has 2 atom stereocenters. The summed E-state index contributed by atoms with van der Waals surface area (Å²) in [6.07, 6.45) is 0.519. The van der Waals surface area contributed by atoms with Gasteiger partial charge in [0.05, 0.1) is 18.2 Å². The van der Waals surface area contributed by atoms with Gasteiger partial charge in [-0.05, 0) is 24.1 Å². The summed E-state index contributed by atoms with van der Waals surface area (Å²) in [6.45, 7) is 0.486. The molecule has 2 aliphatic heterocycles. The lowest BCUT2D eigenvalue weighted by molar-refractivity contribution is 0.0930. The van der Waals surface area contributed by atoms with Crippen LogP contribution in [0.5, 0.6) is 5.75 Å². The second-order valence-corrected chi connectivity index (χ2v) is 5.72. The third-order valence-corrected chi connectivity index (χ3v) is 4.07. The van der Waals surface area contributed by atoms with Gasteiger partial charge in [0.2, 0.25) is 0 Å².